The van der Waals surface area contributed by atoms with Gasteiger partial charge in [0.25, 0.3) is 5.91 Å². The largest absolute Gasteiger partial charge is 0.482 e. The van der Waals surface area contributed by atoms with Crippen LogP contribution in [0.25, 0.3) is 10.8 Å². The molecule has 4 heteroatoms. The number of hydrogen-bond acceptors (Lipinski definition) is 3. The molecule has 23 heavy (non-hydrogen) atoms. The number of imide groups is 1. The lowest BCUT2D eigenvalue weighted by Gasteiger charge is -2.24. The lowest BCUT2D eigenvalue weighted by molar-refractivity contribution is -0.125. The number of benzene rings is 2. The van der Waals surface area contributed by atoms with E-state index in [1.54, 1.807) is 6.08 Å². The van der Waals surface area contributed by atoms with Gasteiger partial charge in [-0.3, -0.25) is 9.59 Å². The van der Waals surface area contributed by atoms with Crippen molar-refractivity contribution in [2.45, 2.75) is 12.5 Å². The van der Waals surface area contributed by atoms with Crippen LogP contribution in [0.1, 0.15) is 6.92 Å². The third-order valence-electron chi connectivity index (χ3n) is 4.91. The summed E-state index contributed by atoms with van der Waals surface area (Å²) < 4.78 is 5.72. The van der Waals surface area contributed by atoms with Crippen molar-refractivity contribution in [2.75, 3.05) is 4.90 Å². The molecule has 2 unspecified atom stereocenters. The molecule has 0 aromatic heterocycles. The number of fused-ring (bicyclic) bond motifs is 5. The van der Waals surface area contributed by atoms with E-state index in [9.17, 15) is 9.59 Å². The lowest BCUT2D eigenvalue weighted by atomic mass is 9.83. The van der Waals surface area contributed by atoms with E-state index >= 15 is 0 Å². The van der Waals surface area contributed by atoms with Gasteiger partial charge < -0.3 is 4.74 Å². The average molecular weight is 303 g/mol. The minimum atomic E-state index is -0.719. The van der Waals surface area contributed by atoms with E-state index in [4.69, 9.17) is 4.74 Å². The standard InChI is InChI=1S/C19H13NO3/c1-19-9-8-14(23-19)15-16(19)18(22)20(17(15)21)13-7-6-11-4-2-3-5-12(11)10-13/h2-10,16H,1H3. The molecule has 2 aromatic rings. The summed E-state index contributed by atoms with van der Waals surface area (Å²) in [5, 5.41) is 2.08. The highest BCUT2D eigenvalue weighted by molar-refractivity contribution is 6.31. The second-order valence-electron chi connectivity index (χ2n) is 6.34. The zero-order valence-corrected chi connectivity index (χ0v) is 12.4. The van der Waals surface area contributed by atoms with Gasteiger partial charge in [-0.1, -0.05) is 30.3 Å². The molecule has 1 fully saturated rings. The molecule has 4 nitrogen and oxygen atoms in total. The van der Waals surface area contributed by atoms with Gasteiger partial charge >= 0.3 is 0 Å². The van der Waals surface area contributed by atoms with Gasteiger partial charge in [0.2, 0.25) is 5.91 Å². The van der Waals surface area contributed by atoms with Gasteiger partial charge in [-0.05, 0) is 42.0 Å². The second kappa shape index (κ2) is 3.90. The van der Waals surface area contributed by atoms with E-state index in [2.05, 4.69) is 0 Å². The number of hydrogen-bond donors (Lipinski definition) is 0. The van der Waals surface area contributed by atoms with Crippen molar-refractivity contribution < 1.29 is 14.3 Å². The zero-order chi connectivity index (χ0) is 15.8. The maximum absolute atomic E-state index is 12.9. The summed E-state index contributed by atoms with van der Waals surface area (Å²) in [4.78, 5) is 27.0. The summed E-state index contributed by atoms with van der Waals surface area (Å²) in [7, 11) is 0. The fourth-order valence-electron chi connectivity index (χ4n) is 3.78. The van der Waals surface area contributed by atoms with Crippen LogP contribution in [0.5, 0.6) is 0 Å². The molecule has 0 spiro atoms. The molecule has 2 aromatic carbocycles. The van der Waals surface area contributed by atoms with Crippen molar-refractivity contribution in [2.24, 2.45) is 5.92 Å². The lowest BCUT2D eigenvalue weighted by Crippen LogP contribution is -2.38. The molecule has 0 radical (unpaired) electrons. The Hall–Kier alpha value is -2.88. The van der Waals surface area contributed by atoms with Gasteiger partial charge in [0.15, 0.2) is 0 Å². The number of nitrogens with zero attached hydrogens (tertiary/aromatic N) is 1. The minimum Gasteiger partial charge on any atom is -0.482 e. The van der Waals surface area contributed by atoms with Crippen molar-refractivity contribution in [3.63, 3.8) is 0 Å². The van der Waals surface area contributed by atoms with E-state index in [-0.39, 0.29) is 11.8 Å². The number of ether oxygens (including phenoxy) is 1. The second-order valence-corrected chi connectivity index (χ2v) is 6.34. The van der Waals surface area contributed by atoms with Crippen molar-refractivity contribution in [3.8, 4) is 0 Å². The van der Waals surface area contributed by atoms with E-state index in [0.717, 1.165) is 10.8 Å². The number of rotatable bonds is 1. The third kappa shape index (κ3) is 1.45. The molecule has 0 saturated carbocycles. The molecule has 3 aliphatic rings. The van der Waals surface area contributed by atoms with Crippen molar-refractivity contribution in [3.05, 3.63) is 65.9 Å². The highest BCUT2D eigenvalue weighted by Gasteiger charge is 2.61. The smallest absolute Gasteiger partial charge is 0.265 e. The van der Waals surface area contributed by atoms with Gasteiger partial charge in [-0.25, -0.2) is 4.90 Å². The number of allylic oxidation sites excluding steroid dienone is 1. The summed E-state index contributed by atoms with van der Waals surface area (Å²) >= 11 is 0. The number of amides is 2. The highest BCUT2D eigenvalue weighted by atomic mass is 16.5. The van der Waals surface area contributed by atoms with Crippen LogP contribution in [-0.2, 0) is 14.3 Å². The van der Waals surface area contributed by atoms with Gasteiger partial charge in [-0.15, -0.1) is 0 Å². The Kier molecular flexibility index (Phi) is 2.14. The van der Waals surface area contributed by atoms with Crippen LogP contribution < -0.4 is 4.90 Å². The Bertz CT molecular complexity index is 971. The van der Waals surface area contributed by atoms with Crippen LogP contribution >= 0.6 is 0 Å². The molecule has 5 rings (SSSR count). The van der Waals surface area contributed by atoms with E-state index in [0.29, 0.717) is 17.0 Å². The normalized spacial score (nSPS) is 28.0. The first kappa shape index (κ1) is 12.6. The van der Waals surface area contributed by atoms with Crippen LogP contribution in [0, 0.1) is 5.92 Å². The van der Waals surface area contributed by atoms with Gasteiger partial charge in [-0.2, -0.15) is 0 Å². The van der Waals surface area contributed by atoms with Gasteiger partial charge in [0.1, 0.15) is 17.3 Å². The molecular weight excluding hydrogens is 290 g/mol. The zero-order valence-electron chi connectivity index (χ0n) is 12.4. The first-order valence-corrected chi connectivity index (χ1v) is 7.58. The summed E-state index contributed by atoms with van der Waals surface area (Å²) in [6.07, 6.45) is 3.66. The molecule has 2 atom stereocenters. The topological polar surface area (TPSA) is 46.6 Å². The van der Waals surface area contributed by atoms with Crippen LogP contribution in [0.3, 0.4) is 0 Å². The molecule has 2 amide bonds. The van der Waals surface area contributed by atoms with Crippen molar-refractivity contribution >= 4 is 28.3 Å². The highest BCUT2D eigenvalue weighted by Crippen LogP contribution is 2.51. The summed E-state index contributed by atoms with van der Waals surface area (Å²) in [6, 6.07) is 13.5. The Balaban J connectivity index is 1.66. The molecule has 3 heterocycles. The molecule has 112 valence electrons. The molecular formula is C19H13NO3. The van der Waals surface area contributed by atoms with E-state index in [1.807, 2.05) is 55.5 Å². The summed E-state index contributed by atoms with van der Waals surface area (Å²) in [6.45, 7) is 1.85. The number of anilines is 1. The predicted octanol–water partition coefficient (Wildman–Crippen LogP) is 2.94. The van der Waals surface area contributed by atoms with Crippen LogP contribution in [0.4, 0.5) is 5.69 Å². The Morgan fingerprint density at radius 3 is 2.65 bits per heavy atom. The number of carbonyl (C=O) groups excluding carboxylic acids is 2. The van der Waals surface area contributed by atoms with Crippen molar-refractivity contribution in [1.29, 1.82) is 0 Å². The SMILES string of the molecule is CC12C=CC(=C3C(=O)N(c4ccc5ccccc5c4)C(=O)C31)O2. The number of carbonyl (C=O) groups is 2. The quantitative estimate of drug-likeness (QED) is 0.761. The first-order chi connectivity index (χ1) is 11.1. The monoisotopic (exact) mass is 303 g/mol. The summed E-state index contributed by atoms with van der Waals surface area (Å²) in [5.74, 6) is -0.457. The van der Waals surface area contributed by atoms with Crippen LogP contribution in [0.2, 0.25) is 0 Å². The van der Waals surface area contributed by atoms with E-state index in [1.165, 1.54) is 4.90 Å². The van der Waals surface area contributed by atoms with Crippen LogP contribution in [-0.4, -0.2) is 17.4 Å². The minimum absolute atomic E-state index is 0.206. The maximum Gasteiger partial charge on any atom is 0.265 e. The fraction of sp³-hybridized carbons (Fsp3) is 0.158. The maximum atomic E-state index is 12.9. The average Bonchev–Trinajstić information content (AvgIpc) is 3.16. The summed E-state index contributed by atoms with van der Waals surface area (Å²) in [5.41, 5.74) is 0.389. The first-order valence-electron chi connectivity index (χ1n) is 7.58. The molecule has 0 N–H and O–H groups in total. The molecule has 1 saturated heterocycles. The fourth-order valence-corrected chi connectivity index (χ4v) is 3.78. The van der Waals surface area contributed by atoms with Crippen molar-refractivity contribution in [1.82, 2.24) is 0 Å². The third-order valence-corrected chi connectivity index (χ3v) is 4.91. The molecule has 0 aliphatic carbocycles. The van der Waals surface area contributed by atoms with Gasteiger partial charge in [0, 0.05) is 0 Å². The predicted molar refractivity (Wildman–Crippen MR) is 85.6 cm³/mol. The van der Waals surface area contributed by atoms with Gasteiger partial charge in [0.05, 0.1) is 11.3 Å². The molecule has 2 bridgehead atoms. The van der Waals surface area contributed by atoms with Crippen LogP contribution in [0.15, 0.2) is 65.9 Å². The van der Waals surface area contributed by atoms with E-state index < -0.39 is 11.5 Å². The molecule has 3 aliphatic heterocycles. The Morgan fingerprint density at radius 2 is 1.87 bits per heavy atom. The Labute approximate surface area is 132 Å². The Morgan fingerprint density at radius 1 is 1.09 bits per heavy atom.